The van der Waals surface area contributed by atoms with E-state index in [2.05, 4.69) is 33.1 Å². The molecule has 0 saturated heterocycles. The summed E-state index contributed by atoms with van der Waals surface area (Å²) in [6.45, 7) is 1.21. The number of nitrogens with zero attached hydrogens (tertiary/aromatic N) is 2. The monoisotopic (exact) mass is 483 g/mol. The Morgan fingerprint density at radius 2 is 1.83 bits per heavy atom. The molecule has 1 aliphatic carbocycles. The second-order valence-corrected chi connectivity index (χ2v) is 9.20. The SMILES string of the molecule is COc1ccc2c(c1)CCc1cc(CCC(=O)NCc3ccncc3)n(CCc3cccc(F)c3)c1-2. The van der Waals surface area contributed by atoms with Crippen molar-refractivity contribution in [3.8, 4) is 17.0 Å². The lowest BCUT2D eigenvalue weighted by molar-refractivity contribution is -0.121. The molecule has 2 aromatic heterocycles. The van der Waals surface area contributed by atoms with Crippen molar-refractivity contribution >= 4 is 5.91 Å². The van der Waals surface area contributed by atoms with Crippen LogP contribution in [0.15, 0.2) is 73.1 Å². The molecule has 2 aromatic carbocycles. The predicted molar refractivity (Wildman–Crippen MR) is 138 cm³/mol. The van der Waals surface area contributed by atoms with Crippen molar-refractivity contribution < 1.29 is 13.9 Å². The zero-order chi connectivity index (χ0) is 24.9. The van der Waals surface area contributed by atoms with Crippen molar-refractivity contribution in [2.45, 2.75) is 45.2 Å². The first-order chi connectivity index (χ1) is 17.6. The molecule has 1 N–H and O–H groups in total. The van der Waals surface area contributed by atoms with E-state index in [1.165, 1.54) is 28.5 Å². The molecule has 2 heterocycles. The number of benzene rings is 2. The largest absolute Gasteiger partial charge is 0.497 e. The lowest BCUT2D eigenvalue weighted by atomic mass is 9.90. The highest BCUT2D eigenvalue weighted by molar-refractivity contribution is 5.76. The van der Waals surface area contributed by atoms with Crippen LogP contribution in [0.3, 0.4) is 0 Å². The van der Waals surface area contributed by atoms with Gasteiger partial charge in [0.25, 0.3) is 0 Å². The molecule has 1 aliphatic rings. The number of pyridine rings is 1. The molecule has 36 heavy (non-hydrogen) atoms. The fourth-order valence-electron chi connectivity index (χ4n) is 5.00. The number of rotatable bonds is 9. The number of methoxy groups -OCH3 is 1. The van der Waals surface area contributed by atoms with Crippen molar-refractivity contribution in [3.05, 3.63) is 107 Å². The van der Waals surface area contributed by atoms with Gasteiger partial charge in [0.05, 0.1) is 12.8 Å². The minimum atomic E-state index is -0.217. The van der Waals surface area contributed by atoms with Gasteiger partial charge in [-0.1, -0.05) is 12.1 Å². The Balaban J connectivity index is 1.38. The smallest absolute Gasteiger partial charge is 0.220 e. The molecule has 0 saturated carbocycles. The number of aromatic nitrogens is 2. The maximum atomic E-state index is 13.8. The summed E-state index contributed by atoms with van der Waals surface area (Å²) in [5.74, 6) is 0.666. The fourth-order valence-corrected chi connectivity index (χ4v) is 5.00. The van der Waals surface area contributed by atoms with Crippen LogP contribution in [0, 0.1) is 5.82 Å². The van der Waals surface area contributed by atoms with E-state index in [0.717, 1.165) is 42.0 Å². The van der Waals surface area contributed by atoms with Crippen LogP contribution >= 0.6 is 0 Å². The van der Waals surface area contributed by atoms with E-state index in [4.69, 9.17) is 4.74 Å². The summed E-state index contributed by atoms with van der Waals surface area (Å²) in [6, 6.07) is 19.1. The van der Waals surface area contributed by atoms with Gasteiger partial charge in [0.2, 0.25) is 5.91 Å². The van der Waals surface area contributed by atoms with Crippen LogP contribution in [0.25, 0.3) is 11.3 Å². The van der Waals surface area contributed by atoms with Gasteiger partial charge >= 0.3 is 0 Å². The van der Waals surface area contributed by atoms with Gasteiger partial charge in [-0.25, -0.2) is 4.39 Å². The average molecular weight is 484 g/mol. The zero-order valence-corrected chi connectivity index (χ0v) is 20.5. The highest BCUT2D eigenvalue weighted by Crippen LogP contribution is 2.38. The van der Waals surface area contributed by atoms with Crippen molar-refractivity contribution in [2.24, 2.45) is 0 Å². The van der Waals surface area contributed by atoms with Crippen molar-refractivity contribution in [2.75, 3.05) is 7.11 Å². The molecule has 0 atom stereocenters. The Morgan fingerprint density at radius 3 is 2.64 bits per heavy atom. The highest BCUT2D eigenvalue weighted by Gasteiger charge is 2.23. The molecule has 0 radical (unpaired) electrons. The second-order valence-electron chi connectivity index (χ2n) is 9.20. The maximum Gasteiger partial charge on any atom is 0.220 e. The van der Waals surface area contributed by atoms with Crippen LogP contribution in [-0.2, 0) is 43.6 Å². The third-order valence-corrected chi connectivity index (χ3v) is 6.85. The Labute approximate surface area is 211 Å². The number of aryl methyl sites for hydroxylation is 4. The molecule has 0 spiro atoms. The number of ether oxygens (including phenoxy) is 1. The summed E-state index contributed by atoms with van der Waals surface area (Å²) in [6.07, 6.45) is 7.12. The number of halogens is 1. The third-order valence-electron chi connectivity index (χ3n) is 6.85. The predicted octanol–water partition coefficient (Wildman–Crippen LogP) is 5.29. The molecular formula is C30H30FN3O2. The first-order valence-corrected chi connectivity index (χ1v) is 12.4. The summed E-state index contributed by atoms with van der Waals surface area (Å²) in [7, 11) is 1.69. The van der Waals surface area contributed by atoms with E-state index >= 15 is 0 Å². The number of hydrogen-bond acceptors (Lipinski definition) is 3. The Hall–Kier alpha value is -3.93. The Kier molecular flexibility index (Phi) is 7.12. The summed E-state index contributed by atoms with van der Waals surface area (Å²) < 4.78 is 21.6. The van der Waals surface area contributed by atoms with Gasteiger partial charge in [-0.05, 0) is 96.5 Å². The summed E-state index contributed by atoms with van der Waals surface area (Å²) in [5, 5.41) is 3.01. The van der Waals surface area contributed by atoms with Crippen LogP contribution in [0.5, 0.6) is 5.75 Å². The van der Waals surface area contributed by atoms with E-state index in [9.17, 15) is 9.18 Å². The molecule has 184 valence electrons. The Bertz CT molecular complexity index is 1360. The topological polar surface area (TPSA) is 56.1 Å². The lowest BCUT2D eigenvalue weighted by Crippen LogP contribution is -2.23. The highest BCUT2D eigenvalue weighted by atomic mass is 19.1. The number of carbonyl (C=O) groups is 1. The standard InChI is InChI=1S/C30H30FN3O2/c1-36-27-8-9-28-23(19-27)5-6-24-18-26(7-10-29(35)33-20-22-11-14-32-15-12-22)34(30(24)28)16-13-21-3-2-4-25(31)17-21/h2-4,8-9,11-12,14-15,17-19H,5-7,10,13,16,20H2,1H3,(H,33,35). The van der Waals surface area contributed by atoms with Crippen molar-refractivity contribution in [1.82, 2.24) is 14.9 Å². The average Bonchev–Trinajstić information content (AvgIpc) is 3.27. The number of amides is 1. The minimum Gasteiger partial charge on any atom is -0.497 e. The quantitative estimate of drug-likeness (QED) is 0.352. The number of hydrogen-bond donors (Lipinski definition) is 1. The van der Waals surface area contributed by atoms with Crippen molar-refractivity contribution in [3.63, 3.8) is 0 Å². The van der Waals surface area contributed by atoms with Crippen LogP contribution in [0.2, 0.25) is 0 Å². The van der Waals surface area contributed by atoms with Crippen LogP contribution < -0.4 is 10.1 Å². The van der Waals surface area contributed by atoms with E-state index in [-0.39, 0.29) is 11.7 Å². The molecule has 1 amide bonds. The van der Waals surface area contributed by atoms with E-state index in [1.54, 1.807) is 31.6 Å². The molecular weight excluding hydrogens is 453 g/mol. The van der Waals surface area contributed by atoms with Crippen LogP contribution in [-0.4, -0.2) is 22.6 Å². The molecule has 0 aliphatic heterocycles. The van der Waals surface area contributed by atoms with Crippen molar-refractivity contribution in [1.29, 1.82) is 0 Å². The maximum absolute atomic E-state index is 13.8. The van der Waals surface area contributed by atoms with Gasteiger partial charge in [0.1, 0.15) is 11.6 Å². The zero-order valence-electron chi connectivity index (χ0n) is 20.5. The number of nitrogens with one attached hydrogen (secondary N) is 1. The van der Waals surface area contributed by atoms with Crippen LogP contribution in [0.4, 0.5) is 4.39 Å². The van der Waals surface area contributed by atoms with Gasteiger partial charge in [0, 0.05) is 43.2 Å². The Morgan fingerprint density at radius 1 is 1.00 bits per heavy atom. The first-order valence-electron chi connectivity index (χ1n) is 12.4. The fraction of sp³-hybridized carbons (Fsp3) is 0.267. The van der Waals surface area contributed by atoms with Gasteiger partial charge in [-0.2, -0.15) is 0 Å². The molecule has 0 unspecified atom stereocenters. The lowest BCUT2D eigenvalue weighted by Gasteiger charge is -2.21. The molecule has 4 aromatic rings. The van der Waals surface area contributed by atoms with Crippen LogP contribution in [0.1, 0.15) is 34.4 Å². The molecule has 6 heteroatoms. The molecule has 0 fully saturated rings. The number of fused-ring (bicyclic) bond motifs is 3. The van der Waals surface area contributed by atoms with E-state index < -0.39 is 0 Å². The summed E-state index contributed by atoms with van der Waals surface area (Å²) in [5.41, 5.74) is 8.13. The van der Waals surface area contributed by atoms with Gasteiger partial charge < -0.3 is 14.6 Å². The van der Waals surface area contributed by atoms with Gasteiger partial charge in [0.15, 0.2) is 0 Å². The van der Waals surface area contributed by atoms with Gasteiger partial charge in [-0.3, -0.25) is 9.78 Å². The number of carbonyl (C=O) groups excluding carboxylic acids is 1. The van der Waals surface area contributed by atoms with E-state index in [0.29, 0.717) is 25.8 Å². The second kappa shape index (κ2) is 10.8. The van der Waals surface area contributed by atoms with E-state index in [1.807, 2.05) is 24.3 Å². The normalized spacial score (nSPS) is 12.1. The minimum absolute atomic E-state index is 0.0211. The van der Waals surface area contributed by atoms with Gasteiger partial charge in [-0.15, -0.1) is 0 Å². The molecule has 5 rings (SSSR count). The summed E-state index contributed by atoms with van der Waals surface area (Å²) >= 11 is 0. The first kappa shape index (κ1) is 23.8. The molecule has 5 nitrogen and oxygen atoms in total. The third kappa shape index (κ3) is 5.33. The summed E-state index contributed by atoms with van der Waals surface area (Å²) in [4.78, 5) is 16.7. The molecule has 0 bridgehead atoms.